The zero-order valence-corrected chi connectivity index (χ0v) is 10.4. The first kappa shape index (κ1) is 14.2. The first-order valence-electron chi connectivity index (χ1n) is 5.74. The van der Waals surface area contributed by atoms with Crippen LogP contribution in [-0.2, 0) is 11.2 Å². The fourth-order valence-corrected chi connectivity index (χ4v) is 1.72. The Bertz CT molecular complexity index is 456. The van der Waals surface area contributed by atoms with E-state index >= 15 is 0 Å². The van der Waals surface area contributed by atoms with Crippen LogP contribution in [0.15, 0.2) is 18.2 Å². The minimum atomic E-state index is -0.936. The van der Waals surface area contributed by atoms with Gasteiger partial charge in [0.25, 0.3) is 0 Å². The first-order chi connectivity index (χ1) is 8.45. The molecule has 0 aliphatic heterocycles. The Labute approximate surface area is 105 Å². The number of Topliss-reactive ketones (excluding diaryl/α,β-unsaturated/α-hetero) is 1. The van der Waals surface area contributed by atoms with Crippen molar-refractivity contribution < 1.29 is 19.8 Å². The van der Waals surface area contributed by atoms with Gasteiger partial charge in [0.1, 0.15) is 11.8 Å². The lowest BCUT2D eigenvalue weighted by Gasteiger charge is -2.13. The van der Waals surface area contributed by atoms with Crippen molar-refractivity contribution in [3.8, 4) is 5.75 Å². The van der Waals surface area contributed by atoms with Crippen molar-refractivity contribution >= 4 is 11.8 Å². The molecule has 1 aromatic carbocycles. The Morgan fingerprint density at radius 2 is 2.06 bits per heavy atom. The van der Waals surface area contributed by atoms with E-state index in [1.165, 1.54) is 19.1 Å². The molecule has 0 bridgehead atoms. The maximum absolute atomic E-state index is 11.3. The van der Waals surface area contributed by atoms with E-state index in [0.29, 0.717) is 12.1 Å². The van der Waals surface area contributed by atoms with E-state index < -0.39 is 12.0 Å². The maximum Gasteiger partial charge on any atom is 0.321 e. The Balaban J connectivity index is 2.93. The van der Waals surface area contributed by atoms with Gasteiger partial charge in [-0.1, -0.05) is 13.0 Å². The van der Waals surface area contributed by atoms with Crippen molar-refractivity contribution in [1.29, 1.82) is 0 Å². The summed E-state index contributed by atoms with van der Waals surface area (Å²) < 4.78 is 0. The molecular weight excluding hydrogens is 234 g/mol. The molecule has 0 saturated carbocycles. The summed E-state index contributed by atoms with van der Waals surface area (Å²) in [6.45, 7) is 3.74. The van der Waals surface area contributed by atoms with Crippen LogP contribution in [-0.4, -0.2) is 34.6 Å². The van der Waals surface area contributed by atoms with Crippen molar-refractivity contribution in [2.75, 3.05) is 6.54 Å². The molecular formula is C13H17NO4. The number of hydrogen-bond donors (Lipinski definition) is 3. The number of phenolic OH excluding ortho intramolecular Hbond substituents is 1. The third-order valence-corrected chi connectivity index (χ3v) is 2.63. The number of ketones is 1. The van der Waals surface area contributed by atoms with E-state index in [2.05, 4.69) is 5.32 Å². The lowest BCUT2D eigenvalue weighted by Crippen LogP contribution is -2.38. The highest BCUT2D eigenvalue weighted by molar-refractivity contribution is 5.96. The molecule has 0 radical (unpaired) electrons. The molecule has 98 valence electrons. The first-order valence-corrected chi connectivity index (χ1v) is 5.74. The number of phenols is 1. The van der Waals surface area contributed by atoms with Gasteiger partial charge in [0.05, 0.1) is 5.56 Å². The summed E-state index contributed by atoms with van der Waals surface area (Å²) >= 11 is 0. The van der Waals surface area contributed by atoms with E-state index in [1.54, 1.807) is 6.07 Å². The topological polar surface area (TPSA) is 86.6 Å². The number of hydrogen-bond acceptors (Lipinski definition) is 4. The zero-order valence-electron chi connectivity index (χ0n) is 10.4. The van der Waals surface area contributed by atoms with Crippen LogP contribution < -0.4 is 5.32 Å². The Kier molecular flexibility index (Phi) is 4.85. The van der Waals surface area contributed by atoms with Gasteiger partial charge in [0.2, 0.25) is 0 Å². The Hall–Kier alpha value is -1.88. The van der Waals surface area contributed by atoms with E-state index in [-0.39, 0.29) is 23.5 Å². The molecule has 0 aromatic heterocycles. The molecule has 0 unspecified atom stereocenters. The number of carbonyl (C=O) groups excluding carboxylic acids is 1. The average Bonchev–Trinajstić information content (AvgIpc) is 2.30. The molecule has 5 nitrogen and oxygen atoms in total. The van der Waals surface area contributed by atoms with Crippen LogP contribution in [0.1, 0.15) is 29.8 Å². The van der Waals surface area contributed by atoms with Gasteiger partial charge in [0.15, 0.2) is 5.78 Å². The van der Waals surface area contributed by atoms with Crippen molar-refractivity contribution in [2.45, 2.75) is 26.3 Å². The summed E-state index contributed by atoms with van der Waals surface area (Å²) in [6.07, 6.45) is 0.268. The second kappa shape index (κ2) is 6.16. The molecule has 0 aliphatic carbocycles. The molecule has 0 saturated heterocycles. The van der Waals surface area contributed by atoms with Gasteiger partial charge in [-0.05, 0) is 37.6 Å². The smallest absolute Gasteiger partial charge is 0.321 e. The zero-order chi connectivity index (χ0) is 13.7. The van der Waals surface area contributed by atoms with E-state index in [4.69, 9.17) is 5.11 Å². The molecule has 3 N–H and O–H groups in total. The molecule has 0 heterocycles. The summed E-state index contributed by atoms with van der Waals surface area (Å²) in [5.41, 5.74) is 0.916. The molecule has 1 atom stereocenters. The molecule has 1 rings (SSSR count). The summed E-state index contributed by atoms with van der Waals surface area (Å²) in [5.74, 6) is -1.26. The van der Waals surface area contributed by atoms with E-state index in [1.807, 2.05) is 6.92 Å². The quantitative estimate of drug-likeness (QED) is 0.661. The normalized spacial score (nSPS) is 12.1. The number of carbonyl (C=O) groups is 2. The molecule has 18 heavy (non-hydrogen) atoms. The van der Waals surface area contributed by atoms with Crippen molar-refractivity contribution in [3.05, 3.63) is 29.3 Å². The van der Waals surface area contributed by atoms with Gasteiger partial charge < -0.3 is 15.5 Å². The predicted octanol–water partition coefficient (Wildman–Crippen LogP) is 1.20. The molecule has 0 amide bonds. The van der Waals surface area contributed by atoms with Crippen LogP contribution in [0.25, 0.3) is 0 Å². The number of carboxylic acids is 1. The third kappa shape index (κ3) is 3.56. The maximum atomic E-state index is 11.3. The molecule has 5 heteroatoms. The van der Waals surface area contributed by atoms with Gasteiger partial charge >= 0.3 is 5.97 Å². The average molecular weight is 251 g/mol. The predicted molar refractivity (Wildman–Crippen MR) is 66.9 cm³/mol. The van der Waals surface area contributed by atoms with E-state index in [9.17, 15) is 14.7 Å². The summed E-state index contributed by atoms with van der Waals surface area (Å²) in [6, 6.07) is 3.87. The molecule has 0 spiro atoms. The number of likely N-dealkylation sites (N-methyl/N-ethyl adjacent to an activating group) is 1. The minimum absolute atomic E-state index is 0.0819. The Morgan fingerprint density at radius 3 is 2.56 bits per heavy atom. The number of carboxylic acid groups (broad SMARTS) is 1. The molecule has 1 aromatic rings. The number of aromatic hydroxyl groups is 1. The number of nitrogens with one attached hydrogen (secondary N) is 1. The van der Waals surface area contributed by atoms with Crippen LogP contribution in [0, 0.1) is 0 Å². The van der Waals surface area contributed by atoms with Crippen LogP contribution >= 0.6 is 0 Å². The standard InChI is InChI=1S/C13H17NO4/c1-3-14-11(13(17)18)7-9-4-5-12(16)10(6-9)8(2)15/h4-6,11,14,16H,3,7H2,1-2H3,(H,17,18)/t11-/m0/s1. The highest BCUT2D eigenvalue weighted by atomic mass is 16.4. The largest absolute Gasteiger partial charge is 0.507 e. The van der Waals surface area contributed by atoms with Crippen LogP contribution in [0.5, 0.6) is 5.75 Å². The number of aliphatic carboxylic acids is 1. The highest BCUT2D eigenvalue weighted by Gasteiger charge is 2.17. The fourth-order valence-electron chi connectivity index (χ4n) is 1.72. The number of rotatable bonds is 6. The van der Waals surface area contributed by atoms with Gasteiger partial charge in [-0.2, -0.15) is 0 Å². The van der Waals surface area contributed by atoms with Crippen LogP contribution in [0.3, 0.4) is 0 Å². The lowest BCUT2D eigenvalue weighted by atomic mass is 10.0. The Morgan fingerprint density at radius 1 is 1.39 bits per heavy atom. The molecule has 0 aliphatic rings. The fraction of sp³-hybridized carbons (Fsp3) is 0.385. The van der Waals surface area contributed by atoms with Crippen molar-refractivity contribution in [1.82, 2.24) is 5.32 Å². The van der Waals surface area contributed by atoms with Gasteiger partial charge in [-0.3, -0.25) is 9.59 Å². The van der Waals surface area contributed by atoms with Gasteiger partial charge in [-0.15, -0.1) is 0 Å². The second-order valence-corrected chi connectivity index (χ2v) is 4.06. The monoisotopic (exact) mass is 251 g/mol. The summed E-state index contributed by atoms with van der Waals surface area (Å²) in [5, 5.41) is 21.4. The summed E-state index contributed by atoms with van der Waals surface area (Å²) in [7, 11) is 0. The summed E-state index contributed by atoms with van der Waals surface area (Å²) in [4.78, 5) is 22.3. The SMILES string of the molecule is CCN[C@@H](Cc1ccc(O)c(C(C)=O)c1)C(=O)O. The number of benzene rings is 1. The van der Waals surface area contributed by atoms with Crippen molar-refractivity contribution in [3.63, 3.8) is 0 Å². The minimum Gasteiger partial charge on any atom is -0.507 e. The van der Waals surface area contributed by atoms with Gasteiger partial charge in [-0.25, -0.2) is 0 Å². The molecule has 0 fully saturated rings. The van der Waals surface area contributed by atoms with Gasteiger partial charge in [0, 0.05) is 0 Å². The highest BCUT2D eigenvalue weighted by Crippen LogP contribution is 2.19. The van der Waals surface area contributed by atoms with Crippen LogP contribution in [0.2, 0.25) is 0 Å². The van der Waals surface area contributed by atoms with Crippen LogP contribution in [0.4, 0.5) is 0 Å². The third-order valence-electron chi connectivity index (χ3n) is 2.63. The van der Waals surface area contributed by atoms with Crippen molar-refractivity contribution in [2.24, 2.45) is 0 Å². The van der Waals surface area contributed by atoms with E-state index in [0.717, 1.165) is 0 Å². The second-order valence-electron chi connectivity index (χ2n) is 4.06. The lowest BCUT2D eigenvalue weighted by molar-refractivity contribution is -0.139.